The number of pyridine rings is 1. The summed E-state index contributed by atoms with van der Waals surface area (Å²) in [6.45, 7) is 0.706. The Hall–Kier alpha value is -3.86. The van der Waals surface area contributed by atoms with Crippen molar-refractivity contribution in [3.05, 3.63) is 47.7 Å². The number of ether oxygens (including phenoxy) is 1. The molecule has 0 bridgehead atoms. The molecule has 8 heteroatoms. The number of carbonyl (C=O) groups is 2. The number of benzene rings is 1. The van der Waals surface area contributed by atoms with Crippen molar-refractivity contribution in [1.82, 2.24) is 9.88 Å². The smallest absolute Gasteiger partial charge is 0.267 e. The van der Waals surface area contributed by atoms with Gasteiger partial charge in [-0.15, -0.1) is 0 Å². The van der Waals surface area contributed by atoms with Crippen molar-refractivity contribution in [3.63, 3.8) is 0 Å². The number of nitrogens with two attached hydrogens (primary N) is 1. The van der Waals surface area contributed by atoms with Crippen LogP contribution in [-0.4, -0.2) is 48.1 Å². The number of primary amides is 1. The number of nitrogens with zero attached hydrogens (tertiary/aromatic N) is 2. The Morgan fingerprint density at radius 2 is 2.21 bits per heavy atom. The zero-order chi connectivity index (χ0) is 21.0. The lowest BCUT2D eigenvalue weighted by atomic mass is 10.1. The summed E-state index contributed by atoms with van der Waals surface area (Å²) in [7, 11) is 3.31. The summed E-state index contributed by atoms with van der Waals surface area (Å²) in [5.41, 5.74) is 6.45. The van der Waals surface area contributed by atoms with E-state index in [4.69, 9.17) is 15.9 Å². The lowest BCUT2D eigenvalue weighted by Gasteiger charge is -2.12. The fraction of sp³-hybridized carbons (Fsp3) is 0.238. The van der Waals surface area contributed by atoms with Crippen LogP contribution in [-0.2, 0) is 9.59 Å². The maximum absolute atomic E-state index is 12.0. The molecule has 0 radical (unpaired) electrons. The average molecular weight is 391 g/mol. The zero-order valence-corrected chi connectivity index (χ0v) is 16.2. The van der Waals surface area contributed by atoms with E-state index in [1.165, 1.54) is 0 Å². The molecule has 1 aliphatic rings. The highest BCUT2D eigenvalue weighted by molar-refractivity contribution is 6.44. The summed E-state index contributed by atoms with van der Waals surface area (Å²) in [5.74, 6) is 5.83. The molecule has 2 amide bonds. The van der Waals surface area contributed by atoms with Gasteiger partial charge < -0.3 is 20.7 Å². The van der Waals surface area contributed by atoms with Gasteiger partial charge in [-0.05, 0) is 30.7 Å². The molecule has 148 valence electrons. The van der Waals surface area contributed by atoms with Crippen LogP contribution in [0.2, 0.25) is 0 Å². The number of nitrogens with one attached hydrogen (secondary N) is 2. The van der Waals surface area contributed by atoms with Crippen molar-refractivity contribution in [3.8, 4) is 17.6 Å². The van der Waals surface area contributed by atoms with Gasteiger partial charge in [-0.3, -0.25) is 15.0 Å². The lowest BCUT2D eigenvalue weighted by molar-refractivity contribution is -0.128. The Morgan fingerprint density at radius 1 is 1.41 bits per heavy atom. The van der Waals surface area contributed by atoms with Crippen LogP contribution in [0.5, 0.6) is 5.75 Å². The molecule has 0 spiro atoms. The van der Waals surface area contributed by atoms with Crippen molar-refractivity contribution in [2.75, 3.05) is 26.0 Å². The van der Waals surface area contributed by atoms with Gasteiger partial charge in [-0.25, -0.2) is 4.98 Å². The molecule has 0 saturated carbocycles. The molecule has 4 N–H and O–H groups in total. The third-order valence-electron chi connectivity index (χ3n) is 4.55. The molecule has 3 rings (SSSR count). The van der Waals surface area contributed by atoms with Gasteiger partial charge in [0.2, 0.25) is 5.91 Å². The summed E-state index contributed by atoms with van der Waals surface area (Å²) in [5, 5.41) is 11.0. The summed E-state index contributed by atoms with van der Waals surface area (Å²) >= 11 is 0. The van der Waals surface area contributed by atoms with Crippen molar-refractivity contribution < 1.29 is 14.3 Å². The van der Waals surface area contributed by atoms with E-state index in [2.05, 4.69) is 22.1 Å². The Bertz CT molecular complexity index is 1040. The molecule has 0 aliphatic carbocycles. The fourth-order valence-corrected chi connectivity index (χ4v) is 2.96. The van der Waals surface area contributed by atoms with Gasteiger partial charge in [0.05, 0.1) is 7.11 Å². The van der Waals surface area contributed by atoms with Gasteiger partial charge in [0.15, 0.2) is 0 Å². The predicted octanol–water partition coefficient (Wildman–Crippen LogP) is 1.52. The number of carbonyl (C=O) groups excluding carboxylic acids is 2. The molecule has 1 aliphatic heterocycles. The predicted molar refractivity (Wildman–Crippen MR) is 109 cm³/mol. The monoisotopic (exact) mass is 391 g/mol. The first-order chi connectivity index (χ1) is 13.9. The van der Waals surface area contributed by atoms with E-state index in [0.717, 1.165) is 0 Å². The third kappa shape index (κ3) is 4.52. The maximum Gasteiger partial charge on any atom is 0.267 e. The van der Waals surface area contributed by atoms with Crippen LogP contribution in [0.3, 0.4) is 0 Å². The summed E-state index contributed by atoms with van der Waals surface area (Å²) in [6.07, 6.45) is 2.26. The Kier molecular flexibility index (Phi) is 5.79. The number of likely N-dealkylation sites (tertiary alicyclic amines) is 1. The SMILES string of the molecule is COc1cc(C#CC2CCN(C)C2=O)cc(Nc2ncccc2C(=N)C(N)=O)c1. The second-order valence-corrected chi connectivity index (χ2v) is 6.58. The number of hydrogen-bond donors (Lipinski definition) is 3. The molecule has 1 aromatic carbocycles. The van der Waals surface area contributed by atoms with Crippen LogP contribution in [0.25, 0.3) is 0 Å². The minimum atomic E-state index is -0.843. The van der Waals surface area contributed by atoms with Gasteiger partial charge in [0, 0.05) is 42.7 Å². The summed E-state index contributed by atoms with van der Waals surface area (Å²) < 4.78 is 5.34. The third-order valence-corrected chi connectivity index (χ3v) is 4.55. The van der Waals surface area contributed by atoms with Crippen molar-refractivity contribution in [1.29, 1.82) is 5.41 Å². The van der Waals surface area contributed by atoms with E-state index in [9.17, 15) is 9.59 Å². The normalized spacial score (nSPS) is 15.4. The minimum absolute atomic E-state index is 0.0295. The number of anilines is 2. The van der Waals surface area contributed by atoms with Crippen molar-refractivity contribution in [2.24, 2.45) is 11.7 Å². The zero-order valence-electron chi connectivity index (χ0n) is 16.2. The largest absolute Gasteiger partial charge is 0.497 e. The second-order valence-electron chi connectivity index (χ2n) is 6.58. The second kappa shape index (κ2) is 8.44. The van der Waals surface area contributed by atoms with Gasteiger partial charge in [-0.1, -0.05) is 11.8 Å². The Labute approximate surface area is 168 Å². The minimum Gasteiger partial charge on any atom is -0.497 e. The average Bonchev–Trinajstić information content (AvgIpc) is 3.04. The van der Waals surface area contributed by atoms with Crippen LogP contribution in [0, 0.1) is 23.2 Å². The number of methoxy groups -OCH3 is 1. The van der Waals surface area contributed by atoms with E-state index in [1.54, 1.807) is 55.6 Å². The van der Waals surface area contributed by atoms with Gasteiger partial charge in [-0.2, -0.15) is 0 Å². The molecule has 1 aromatic heterocycles. The number of amides is 2. The highest BCUT2D eigenvalue weighted by Gasteiger charge is 2.27. The molecular weight excluding hydrogens is 370 g/mol. The molecule has 2 heterocycles. The first-order valence-electron chi connectivity index (χ1n) is 8.95. The molecule has 1 fully saturated rings. The van der Waals surface area contributed by atoms with E-state index < -0.39 is 5.91 Å². The van der Waals surface area contributed by atoms with Crippen molar-refractivity contribution >= 4 is 29.0 Å². The molecule has 1 atom stereocenters. The van der Waals surface area contributed by atoms with Gasteiger partial charge in [0.1, 0.15) is 23.2 Å². The molecule has 2 aromatic rings. The van der Waals surface area contributed by atoms with Crippen LogP contribution in [0.1, 0.15) is 17.5 Å². The first-order valence-corrected chi connectivity index (χ1v) is 8.95. The first kappa shape index (κ1) is 19.9. The van der Waals surface area contributed by atoms with E-state index in [0.29, 0.717) is 35.8 Å². The summed E-state index contributed by atoms with van der Waals surface area (Å²) in [6, 6.07) is 8.50. The highest BCUT2D eigenvalue weighted by Crippen LogP contribution is 2.25. The molecular formula is C21H21N5O3. The molecule has 1 saturated heterocycles. The van der Waals surface area contributed by atoms with Crippen LogP contribution in [0.15, 0.2) is 36.5 Å². The Balaban J connectivity index is 1.90. The number of hydrogen-bond acceptors (Lipinski definition) is 6. The standard InChI is InChI=1S/C21H21N5O3/c1-26-9-7-14(21(26)28)6-5-13-10-15(12-16(11-13)29-2)25-20-17(4-3-8-24-20)18(22)19(23)27/h3-4,8,10-12,14,22H,7,9H2,1-2H3,(H2,23,27)(H,24,25). The van der Waals surface area contributed by atoms with Crippen LogP contribution >= 0.6 is 0 Å². The highest BCUT2D eigenvalue weighted by atomic mass is 16.5. The van der Waals surface area contributed by atoms with Gasteiger partial charge >= 0.3 is 0 Å². The summed E-state index contributed by atoms with van der Waals surface area (Å²) in [4.78, 5) is 29.3. The maximum atomic E-state index is 12.0. The Morgan fingerprint density at radius 3 is 2.86 bits per heavy atom. The number of aromatic nitrogens is 1. The molecule has 1 unspecified atom stereocenters. The van der Waals surface area contributed by atoms with E-state index >= 15 is 0 Å². The number of rotatable bonds is 5. The van der Waals surface area contributed by atoms with E-state index in [-0.39, 0.29) is 23.1 Å². The van der Waals surface area contributed by atoms with Crippen molar-refractivity contribution in [2.45, 2.75) is 6.42 Å². The molecule has 29 heavy (non-hydrogen) atoms. The van der Waals surface area contributed by atoms with E-state index in [1.807, 2.05) is 0 Å². The van der Waals surface area contributed by atoms with Crippen LogP contribution < -0.4 is 15.8 Å². The lowest BCUT2D eigenvalue weighted by Crippen LogP contribution is -2.24. The van der Waals surface area contributed by atoms with Gasteiger partial charge in [0.25, 0.3) is 5.91 Å². The topological polar surface area (TPSA) is 121 Å². The molecule has 8 nitrogen and oxygen atoms in total. The van der Waals surface area contributed by atoms with Crippen LogP contribution in [0.4, 0.5) is 11.5 Å². The quantitative estimate of drug-likeness (QED) is 0.527. The fourth-order valence-electron chi connectivity index (χ4n) is 2.96.